The van der Waals surface area contributed by atoms with E-state index < -0.39 is 29.5 Å². The van der Waals surface area contributed by atoms with Gasteiger partial charge in [-0.25, -0.2) is 9.59 Å². The Morgan fingerprint density at radius 1 is 0.902 bits per heavy atom. The second-order valence-corrected chi connectivity index (χ2v) is 10.7. The molecule has 0 bridgehead atoms. The number of carboxylic acid groups (broad SMARTS) is 1. The molecule has 1 fully saturated rings. The third-order valence-corrected chi connectivity index (χ3v) is 7.71. The van der Waals surface area contributed by atoms with Crippen molar-refractivity contribution in [2.75, 3.05) is 18.4 Å². The summed E-state index contributed by atoms with van der Waals surface area (Å²) in [5.41, 5.74) is 1.65. The molecular weight excluding hydrogens is 567 g/mol. The zero-order chi connectivity index (χ0) is 29.6. The number of likely N-dealkylation sites (tertiary alicyclic amines) is 1. The lowest BCUT2D eigenvalue weighted by Crippen LogP contribution is -2.56. The fourth-order valence-corrected chi connectivity index (χ4v) is 5.55. The minimum Gasteiger partial charge on any atom is -0.480 e. The first-order valence-corrected chi connectivity index (χ1v) is 13.8. The summed E-state index contributed by atoms with van der Waals surface area (Å²) < 4.78 is 0. The van der Waals surface area contributed by atoms with E-state index in [4.69, 9.17) is 23.2 Å². The lowest BCUT2D eigenvalue weighted by atomic mass is 9.81. The van der Waals surface area contributed by atoms with Gasteiger partial charge in [0, 0.05) is 32.1 Å². The molecule has 4 amide bonds. The Balaban J connectivity index is 1.36. The maximum Gasteiger partial charge on any atom is 0.326 e. The minimum atomic E-state index is -1.17. The first-order valence-electron chi connectivity index (χ1n) is 13.0. The standard InChI is InChI=1S/C30H30Cl2N4O5/c1-19(37)35-30(21-6-3-2-4-7-21)14-16-36(17-15-30)29(41)34-25(28(39)40)18-20-10-12-22(13-11-20)33-27(38)26-23(31)8-5-9-24(26)32/h2-13,25H,14-18H2,1H3,(H,33,38)(H,34,41)(H,35,37)(H,39,40). The molecule has 1 saturated heterocycles. The molecule has 4 rings (SSSR count). The highest BCUT2D eigenvalue weighted by atomic mass is 35.5. The number of carboxylic acids is 1. The fourth-order valence-electron chi connectivity index (χ4n) is 4.98. The Hall–Kier alpha value is -4.08. The predicted octanol–water partition coefficient (Wildman–Crippen LogP) is 5.08. The summed E-state index contributed by atoms with van der Waals surface area (Å²) in [6.45, 7) is 2.16. The number of hydrogen-bond acceptors (Lipinski definition) is 4. The van der Waals surface area contributed by atoms with Crippen molar-refractivity contribution in [1.82, 2.24) is 15.5 Å². The van der Waals surface area contributed by atoms with Crippen molar-refractivity contribution in [3.63, 3.8) is 0 Å². The van der Waals surface area contributed by atoms with Gasteiger partial charge in [-0.1, -0.05) is 71.7 Å². The van der Waals surface area contributed by atoms with Gasteiger partial charge in [0.05, 0.1) is 21.1 Å². The zero-order valence-electron chi connectivity index (χ0n) is 22.3. The number of anilines is 1. The van der Waals surface area contributed by atoms with Gasteiger partial charge in [-0.05, 0) is 48.2 Å². The van der Waals surface area contributed by atoms with Gasteiger partial charge >= 0.3 is 12.0 Å². The SMILES string of the molecule is CC(=O)NC1(c2ccccc2)CCN(C(=O)NC(Cc2ccc(NC(=O)c3c(Cl)cccc3Cl)cc2)C(=O)O)CC1. The van der Waals surface area contributed by atoms with Crippen LogP contribution in [0.5, 0.6) is 0 Å². The van der Waals surface area contributed by atoms with E-state index in [1.54, 1.807) is 47.4 Å². The van der Waals surface area contributed by atoms with Crippen molar-refractivity contribution in [2.45, 2.75) is 37.8 Å². The summed E-state index contributed by atoms with van der Waals surface area (Å²) in [6, 6.07) is 19.4. The topological polar surface area (TPSA) is 128 Å². The molecule has 0 aromatic heterocycles. The normalized spacial score (nSPS) is 15.0. The average Bonchev–Trinajstić information content (AvgIpc) is 2.94. The molecule has 11 heteroatoms. The van der Waals surface area contributed by atoms with Gasteiger partial charge in [0.25, 0.3) is 5.91 Å². The highest BCUT2D eigenvalue weighted by Gasteiger charge is 2.38. The van der Waals surface area contributed by atoms with Crippen molar-refractivity contribution in [3.8, 4) is 0 Å². The van der Waals surface area contributed by atoms with E-state index in [1.165, 1.54) is 6.92 Å². The van der Waals surface area contributed by atoms with Crippen LogP contribution >= 0.6 is 23.2 Å². The van der Waals surface area contributed by atoms with E-state index in [-0.39, 0.29) is 27.9 Å². The summed E-state index contributed by atoms with van der Waals surface area (Å²) >= 11 is 12.2. The molecular formula is C30H30Cl2N4O5. The number of urea groups is 1. The second-order valence-electron chi connectivity index (χ2n) is 9.91. The maximum atomic E-state index is 13.0. The van der Waals surface area contributed by atoms with Crippen molar-refractivity contribution >= 4 is 52.7 Å². The maximum absolute atomic E-state index is 13.0. The number of carbonyl (C=O) groups is 4. The Labute approximate surface area is 247 Å². The number of nitrogens with zero attached hydrogens (tertiary/aromatic N) is 1. The Morgan fingerprint density at radius 2 is 1.51 bits per heavy atom. The van der Waals surface area contributed by atoms with Gasteiger partial charge in [-0.2, -0.15) is 0 Å². The molecule has 1 aliphatic rings. The van der Waals surface area contributed by atoms with Crippen molar-refractivity contribution < 1.29 is 24.3 Å². The predicted molar refractivity (Wildman–Crippen MR) is 157 cm³/mol. The number of halogens is 2. The van der Waals surface area contributed by atoms with E-state index in [1.807, 2.05) is 30.3 Å². The van der Waals surface area contributed by atoms with E-state index in [0.29, 0.717) is 37.2 Å². The lowest BCUT2D eigenvalue weighted by molar-refractivity contribution is -0.139. The molecule has 3 aromatic carbocycles. The zero-order valence-corrected chi connectivity index (χ0v) is 23.8. The van der Waals surface area contributed by atoms with Crippen molar-refractivity contribution in [1.29, 1.82) is 0 Å². The summed E-state index contributed by atoms with van der Waals surface area (Å²) in [5, 5.41) is 18.7. The van der Waals surface area contributed by atoms with Crippen LogP contribution in [0.15, 0.2) is 72.8 Å². The summed E-state index contributed by atoms with van der Waals surface area (Å²) in [4.78, 5) is 51.2. The van der Waals surface area contributed by atoms with Crippen molar-refractivity contribution in [2.24, 2.45) is 0 Å². The number of piperidine rings is 1. The van der Waals surface area contributed by atoms with Crippen LogP contribution in [-0.2, 0) is 21.5 Å². The summed E-state index contributed by atoms with van der Waals surface area (Å²) in [5.74, 6) is -1.80. The highest BCUT2D eigenvalue weighted by Crippen LogP contribution is 2.33. The number of nitrogens with one attached hydrogen (secondary N) is 3. The van der Waals surface area contributed by atoms with Crippen LogP contribution in [0.4, 0.5) is 10.5 Å². The van der Waals surface area contributed by atoms with Crippen LogP contribution < -0.4 is 16.0 Å². The summed E-state index contributed by atoms with van der Waals surface area (Å²) in [7, 11) is 0. The first-order chi connectivity index (χ1) is 19.6. The molecule has 1 heterocycles. The number of aliphatic carboxylic acids is 1. The Kier molecular flexibility index (Phi) is 9.52. The highest BCUT2D eigenvalue weighted by molar-refractivity contribution is 6.40. The molecule has 1 unspecified atom stereocenters. The van der Waals surface area contributed by atoms with E-state index in [2.05, 4.69) is 16.0 Å². The van der Waals surface area contributed by atoms with Gasteiger partial charge in [0.1, 0.15) is 6.04 Å². The van der Waals surface area contributed by atoms with Gasteiger partial charge < -0.3 is 26.0 Å². The van der Waals surface area contributed by atoms with E-state index >= 15 is 0 Å². The fraction of sp³-hybridized carbons (Fsp3) is 0.267. The number of carbonyl (C=O) groups excluding carboxylic acids is 3. The Morgan fingerprint density at radius 3 is 2.07 bits per heavy atom. The smallest absolute Gasteiger partial charge is 0.326 e. The Bertz CT molecular complexity index is 1400. The second kappa shape index (κ2) is 13.1. The average molecular weight is 597 g/mol. The lowest BCUT2D eigenvalue weighted by Gasteiger charge is -2.42. The van der Waals surface area contributed by atoms with Crippen LogP contribution in [-0.4, -0.2) is 53.0 Å². The van der Waals surface area contributed by atoms with E-state index in [9.17, 15) is 24.3 Å². The number of benzene rings is 3. The van der Waals surface area contributed by atoms with Crippen molar-refractivity contribution in [3.05, 3.63) is 99.5 Å². The van der Waals surface area contributed by atoms with Crippen LogP contribution in [0.3, 0.4) is 0 Å². The molecule has 0 radical (unpaired) electrons. The molecule has 41 heavy (non-hydrogen) atoms. The van der Waals surface area contributed by atoms with Crippen LogP contribution in [0.1, 0.15) is 41.3 Å². The van der Waals surface area contributed by atoms with E-state index in [0.717, 1.165) is 5.56 Å². The minimum absolute atomic E-state index is 0.0410. The largest absolute Gasteiger partial charge is 0.480 e. The third kappa shape index (κ3) is 7.36. The molecule has 4 N–H and O–H groups in total. The molecule has 3 aromatic rings. The molecule has 9 nitrogen and oxygen atoms in total. The molecule has 214 valence electrons. The van der Waals surface area contributed by atoms with Crippen LogP contribution in [0, 0.1) is 0 Å². The summed E-state index contributed by atoms with van der Waals surface area (Å²) in [6.07, 6.45) is 1.03. The van der Waals surface area contributed by atoms with Gasteiger partial charge in [0.15, 0.2) is 0 Å². The first kappa shape index (κ1) is 29.9. The molecule has 1 aliphatic heterocycles. The van der Waals surface area contributed by atoms with Gasteiger partial charge in [-0.3, -0.25) is 9.59 Å². The van der Waals surface area contributed by atoms with Crippen LogP contribution in [0.2, 0.25) is 10.0 Å². The molecule has 0 saturated carbocycles. The molecule has 0 aliphatic carbocycles. The number of rotatable bonds is 8. The quantitative estimate of drug-likeness (QED) is 0.288. The molecule has 1 atom stereocenters. The van der Waals surface area contributed by atoms with Crippen LogP contribution in [0.25, 0.3) is 0 Å². The third-order valence-electron chi connectivity index (χ3n) is 7.08. The monoisotopic (exact) mass is 596 g/mol. The molecule has 0 spiro atoms. The number of hydrogen-bond donors (Lipinski definition) is 4. The van der Waals surface area contributed by atoms with Gasteiger partial charge in [0.2, 0.25) is 5.91 Å². The number of amides is 4. The van der Waals surface area contributed by atoms with Gasteiger partial charge in [-0.15, -0.1) is 0 Å².